The van der Waals surface area contributed by atoms with Gasteiger partial charge in [0.25, 0.3) is 0 Å². The Bertz CT molecular complexity index is 213. The van der Waals surface area contributed by atoms with E-state index in [0.29, 0.717) is 0 Å². The van der Waals surface area contributed by atoms with E-state index in [-0.39, 0.29) is 0 Å². The molecule has 0 bridgehead atoms. The van der Waals surface area contributed by atoms with Crippen molar-refractivity contribution in [3.8, 4) is 0 Å². The molecule has 0 saturated carbocycles. The topological polar surface area (TPSA) is 30.9 Å². The number of rotatable bonds is 2. The monoisotopic (exact) mass is 138 g/mol. The van der Waals surface area contributed by atoms with Gasteiger partial charge in [-0.25, -0.2) is 0 Å². The summed E-state index contributed by atoms with van der Waals surface area (Å²) in [7, 11) is 0. The summed E-state index contributed by atoms with van der Waals surface area (Å²) in [6, 6.07) is 2.00. The van der Waals surface area contributed by atoms with Gasteiger partial charge in [-0.05, 0) is 25.0 Å². The average Bonchev–Trinajstić information content (AvgIpc) is 2.13. The highest BCUT2D eigenvalue weighted by Crippen LogP contribution is 2.09. The zero-order valence-corrected chi connectivity index (χ0v) is 6.59. The standard InChI is InChI=1S/C8H14N2/c1-3-4-10-6-7(2)5-8(10)9/h5-6H,3-4,9H2,1-2H3. The zero-order valence-electron chi connectivity index (χ0n) is 6.59. The Labute approximate surface area is 61.7 Å². The number of hydrogen-bond donors (Lipinski definition) is 1. The van der Waals surface area contributed by atoms with Crippen LogP contribution in [0.25, 0.3) is 0 Å². The van der Waals surface area contributed by atoms with E-state index in [0.717, 1.165) is 18.8 Å². The van der Waals surface area contributed by atoms with Crippen molar-refractivity contribution in [1.29, 1.82) is 0 Å². The van der Waals surface area contributed by atoms with Crippen LogP contribution in [0.1, 0.15) is 18.9 Å². The predicted molar refractivity (Wildman–Crippen MR) is 43.9 cm³/mol. The van der Waals surface area contributed by atoms with E-state index in [9.17, 15) is 0 Å². The molecule has 0 aliphatic rings. The molecule has 1 heterocycles. The third-order valence-corrected chi connectivity index (χ3v) is 1.53. The summed E-state index contributed by atoms with van der Waals surface area (Å²) >= 11 is 0. The molecule has 0 atom stereocenters. The third kappa shape index (κ3) is 1.32. The zero-order chi connectivity index (χ0) is 7.56. The molecule has 2 heteroatoms. The first kappa shape index (κ1) is 7.19. The Morgan fingerprint density at radius 3 is 2.70 bits per heavy atom. The Morgan fingerprint density at radius 2 is 2.30 bits per heavy atom. The quantitative estimate of drug-likeness (QED) is 0.663. The first-order chi connectivity index (χ1) is 4.74. The van der Waals surface area contributed by atoms with Crippen molar-refractivity contribution in [2.24, 2.45) is 0 Å². The van der Waals surface area contributed by atoms with E-state index in [2.05, 4.69) is 24.6 Å². The summed E-state index contributed by atoms with van der Waals surface area (Å²) in [6.07, 6.45) is 3.22. The van der Waals surface area contributed by atoms with Crippen LogP contribution in [-0.4, -0.2) is 4.57 Å². The molecule has 0 saturated heterocycles. The van der Waals surface area contributed by atoms with Crippen LogP contribution in [0.15, 0.2) is 12.3 Å². The third-order valence-electron chi connectivity index (χ3n) is 1.53. The average molecular weight is 138 g/mol. The fourth-order valence-electron chi connectivity index (χ4n) is 1.11. The predicted octanol–water partition coefficient (Wildman–Crippen LogP) is 1.79. The second-order valence-corrected chi connectivity index (χ2v) is 2.64. The molecule has 0 radical (unpaired) electrons. The van der Waals surface area contributed by atoms with Crippen molar-refractivity contribution >= 4 is 5.82 Å². The van der Waals surface area contributed by atoms with Crippen molar-refractivity contribution in [1.82, 2.24) is 4.57 Å². The highest BCUT2D eigenvalue weighted by atomic mass is 15.0. The lowest BCUT2D eigenvalue weighted by Gasteiger charge is -2.00. The van der Waals surface area contributed by atoms with Crippen LogP contribution in [0.4, 0.5) is 5.82 Å². The van der Waals surface area contributed by atoms with Gasteiger partial charge in [-0.1, -0.05) is 6.92 Å². The lowest BCUT2D eigenvalue weighted by Crippen LogP contribution is -1.99. The lowest BCUT2D eigenvalue weighted by molar-refractivity contribution is 0.690. The lowest BCUT2D eigenvalue weighted by atomic mass is 10.4. The second-order valence-electron chi connectivity index (χ2n) is 2.64. The molecule has 0 spiro atoms. The molecular weight excluding hydrogens is 124 g/mol. The van der Waals surface area contributed by atoms with Gasteiger partial charge in [-0.15, -0.1) is 0 Å². The number of aryl methyl sites for hydroxylation is 2. The van der Waals surface area contributed by atoms with Crippen molar-refractivity contribution in [2.45, 2.75) is 26.8 Å². The molecule has 0 amide bonds. The maximum atomic E-state index is 5.69. The summed E-state index contributed by atoms with van der Waals surface area (Å²) in [5.74, 6) is 0.874. The van der Waals surface area contributed by atoms with E-state index in [1.54, 1.807) is 0 Å². The molecule has 1 aromatic rings. The number of anilines is 1. The fourth-order valence-corrected chi connectivity index (χ4v) is 1.11. The van der Waals surface area contributed by atoms with E-state index in [1.165, 1.54) is 5.56 Å². The Kier molecular flexibility index (Phi) is 2.00. The second kappa shape index (κ2) is 2.78. The van der Waals surface area contributed by atoms with Gasteiger partial charge in [-0.2, -0.15) is 0 Å². The summed E-state index contributed by atoms with van der Waals surface area (Å²) < 4.78 is 2.08. The highest BCUT2D eigenvalue weighted by Gasteiger charge is 1.95. The van der Waals surface area contributed by atoms with Crippen LogP contribution in [-0.2, 0) is 6.54 Å². The number of hydrogen-bond acceptors (Lipinski definition) is 1. The smallest absolute Gasteiger partial charge is 0.103 e. The Hall–Kier alpha value is -0.920. The van der Waals surface area contributed by atoms with Gasteiger partial charge in [0.05, 0.1) is 0 Å². The maximum absolute atomic E-state index is 5.69. The van der Waals surface area contributed by atoms with Crippen LogP contribution in [0.3, 0.4) is 0 Å². The van der Waals surface area contributed by atoms with Crippen LogP contribution >= 0.6 is 0 Å². The number of nitrogens with zero attached hydrogens (tertiary/aromatic N) is 1. The normalized spacial score (nSPS) is 10.2. The van der Waals surface area contributed by atoms with Crippen molar-refractivity contribution < 1.29 is 0 Å². The molecular formula is C8H14N2. The van der Waals surface area contributed by atoms with Gasteiger partial charge >= 0.3 is 0 Å². The molecule has 0 aliphatic heterocycles. The number of aromatic nitrogens is 1. The van der Waals surface area contributed by atoms with Crippen LogP contribution in [0.5, 0.6) is 0 Å². The minimum Gasteiger partial charge on any atom is -0.385 e. The summed E-state index contributed by atoms with van der Waals surface area (Å²) in [5.41, 5.74) is 6.93. The van der Waals surface area contributed by atoms with Gasteiger partial charge in [0.1, 0.15) is 5.82 Å². The molecule has 0 unspecified atom stereocenters. The molecule has 0 fully saturated rings. The molecule has 1 rings (SSSR count). The largest absolute Gasteiger partial charge is 0.385 e. The molecule has 10 heavy (non-hydrogen) atoms. The number of nitrogen functional groups attached to an aromatic ring is 1. The first-order valence-corrected chi connectivity index (χ1v) is 3.66. The highest BCUT2D eigenvalue weighted by molar-refractivity contribution is 5.34. The van der Waals surface area contributed by atoms with Crippen LogP contribution < -0.4 is 5.73 Å². The minimum atomic E-state index is 0.874. The van der Waals surface area contributed by atoms with Gasteiger partial charge in [0.15, 0.2) is 0 Å². The van der Waals surface area contributed by atoms with Gasteiger partial charge in [0, 0.05) is 12.7 Å². The van der Waals surface area contributed by atoms with Gasteiger partial charge in [0.2, 0.25) is 0 Å². The van der Waals surface area contributed by atoms with Crippen LogP contribution in [0.2, 0.25) is 0 Å². The molecule has 2 nitrogen and oxygen atoms in total. The SMILES string of the molecule is CCCn1cc(C)cc1N. The van der Waals surface area contributed by atoms with Crippen molar-refractivity contribution in [3.63, 3.8) is 0 Å². The summed E-state index contributed by atoms with van der Waals surface area (Å²) in [4.78, 5) is 0. The van der Waals surface area contributed by atoms with Crippen molar-refractivity contribution in [3.05, 3.63) is 17.8 Å². The van der Waals surface area contributed by atoms with E-state index < -0.39 is 0 Å². The molecule has 2 N–H and O–H groups in total. The van der Waals surface area contributed by atoms with E-state index in [1.807, 2.05) is 6.07 Å². The van der Waals surface area contributed by atoms with E-state index in [4.69, 9.17) is 5.73 Å². The molecule has 1 aromatic heterocycles. The first-order valence-electron chi connectivity index (χ1n) is 3.66. The Morgan fingerprint density at radius 1 is 1.60 bits per heavy atom. The maximum Gasteiger partial charge on any atom is 0.103 e. The van der Waals surface area contributed by atoms with Crippen molar-refractivity contribution in [2.75, 3.05) is 5.73 Å². The molecule has 56 valence electrons. The fraction of sp³-hybridized carbons (Fsp3) is 0.500. The summed E-state index contributed by atoms with van der Waals surface area (Å²) in [6.45, 7) is 5.23. The molecule has 0 aliphatic carbocycles. The molecule has 0 aromatic carbocycles. The van der Waals surface area contributed by atoms with Gasteiger partial charge in [-0.3, -0.25) is 0 Å². The summed E-state index contributed by atoms with van der Waals surface area (Å²) in [5, 5.41) is 0. The number of nitrogens with two attached hydrogens (primary N) is 1. The van der Waals surface area contributed by atoms with Gasteiger partial charge < -0.3 is 10.3 Å². The van der Waals surface area contributed by atoms with Crippen LogP contribution in [0, 0.1) is 6.92 Å². The Balaban J connectivity index is 2.81. The minimum absolute atomic E-state index is 0.874. The van der Waals surface area contributed by atoms with E-state index >= 15 is 0 Å².